The van der Waals surface area contributed by atoms with Gasteiger partial charge in [0.1, 0.15) is 0 Å². The number of benzene rings is 1. The van der Waals surface area contributed by atoms with Crippen LogP contribution in [0.3, 0.4) is 0 Å². The number of hydrogen-bond acceptors (Lipinski definition) is 5. The highest BCUT2D eigenvalue weighted by atomic mass is 16.4. The Labute approximate surface area is 161 Å². The van der Waals surface area contributed by atoms with Gasteiger partial charge in [-0.2, -0.15) is 0 Å². The van der Waals surface area contributed by atoms with E-state index in [1.165, 1.54) is 6.07 Å². The van der Waals surface area contributed by atoms with Gasteiger partial charge in [0, 0.05) is 24.6 Å². The molecule has 1 saturated heterocycles. The average molecular weight is 377 g/mol. The molecule has 1 aromatic heterocycles. The zero-order chi connectivity index (χ0) is 19.7. The summed E-state index contributed by atoms with van der Waals surface area (Å²) >= 11 is 0. The van der Waals surface area contributed by atoms with Crippen molar-refractivity contribution >= 4 is 29.2 Å². The smallest absolute Gasteiger partial charge is 0.337 e. The minimum absolute atomic E-state index is 0.00925. The van der Waals surface area contributed by atoms with Crippen molar-refractivity contribution in [3.8, 4) is 0 Å². The maximum atomic E-state index is 12.7. The lowest BCUT2D eigenvalue weighted by atomic mass is 9.85. The fourth-order valence-electron chi connectivity index (χ4n) is 3.76. The van der Waals surface area contributed by atoms with Gasteiger partial charge < -0.3 is 10.4 Å². The molecular formula is C21H19N3O4. The highest BCUT2D eigenvalue weighted by Crippen LogP contribution is 2.38. The second-order valence-corrected chi connectivity index (χ2v) is 6.92. The predicted octanol–water partition coefficient (Wildman–Crippen LogP) is 2.85. The standard InChI is InChI=1S/C21H19N3O4/c25-19-15-5-1-2-6-16(15)20(26)24(19)14-7-8-18(17(10-14)21(27)28)23-12-13-4-3-9-22-11-13/h1-4,7-11,15-16,23H,5-6,12H2,(H,27,28)/t15-,16-/m0/s1. The van der Waals surface area contributed by atoms with Crippen molar-refractivity contribution in [2.75, 3.05) is 10.2 Å². The molecule has 28 heavy (non-hydrogen) atoms. The SMILES string of the molecule is O=C(O)c1cc(N2C(=O)[C@H]3CC=CC[C@@H]3C2=O)ccc1NCc1cccnc1. The molecule has 7 heteroatoms. The normalized spacial score (nSPS) is 20.9. The summed E-state index contributed by atoms with van der Waals surface area (Å²) in [6, 6.07) is 8.27. The van der Waals surface area contributed by atoms with Gasteiger partial charge in [0.15, 0.2) is 0 Å². The second kappa shape index (κ2) is 7.26. The molecule has 1 aliphatic carbocycles. The van der Waals surface area contributed by atoms with Crippen molar-refractivity contribution in [1.82, 2.24) is 4.98 Å². The number of carbonyl (C=O) groups excluding carboxylic acids is 2. The molecule has 0 bridgehead atoms. The van der Waals surface area contributed by atoms with E-state index < -0.39 is 5.97 Å². The number of allylic oxidation sites excluding steroid dienone is 2. The molecule has 2 N–H and O–H groups in total. The third-order valence-electron chi connectivity index (χ3n) is 5.21. The lowest BCUT2D eigenvalue weighted by Crippen LogP contribution is -2.31. The summed E-state index contributed by atoms with van der Waals surface area (Å²) in [5.41, 5.74) is 1.63. The number of carboxylic acids is 1. The molecule has 2 atom stereocenters. The molecule has 2 aliphatic rings. The molecule has 2 heterocycles. The predicted molar refractivity (Wildman–Crippen MR) is 103 cm³/mol. The van der Waals surface area contributed by atoms with Crippen LogP contribution in [0.2, 0.25) is 0 Å². The van der Waals surface area contributed by atoms with E-state index in [0.29, 0.717) is 30.8 Å². The number of carbonyl (C=O) groups is 3. The summed E-state index contributed by atoms with van der Waals surface area (Å²) < 4.78 is 0. The summed E-state index contributed by atoms with van der Waals surface area (Å²) in [4.78, 5) is 42.4. The number of hydrogen-bond donors (Lipinski definition) is 2. The molecule has 142 valence electrons. The Bertz CT molecular complexity index is 945. The van der Waals surface area contributed by atoms with Gasteiger partial charge in [-0.1, -0.05) is 18.2 Å². The first-order chi connectivity index (χ1) is 13.6. The van der Waals surface area contributed by atoms with Crippen LogP contribution in [-0.2, 0) is 16.1 Å². The van der Waals surface area contributed by atoms with Crippen molar-refractivity contribution in [3.05, 3.63) is 66.0 Å². The highest BCUT2D eigenvalue weighted by molar-refractivity contribution is 6.22. The topological polar surface area (TPSA) is 99.6 Å². The van der Waals surface area contributed by atoms with Crippen molar-refractivity contribution in [1.29, 1.82) is 0 Å². The van der Waals surface area contributed by atoms with E-state index in [2.05, 4.69) is 10.3 Å². The Hall–Kier alpha value is -3.48. The molecular weight excluding hydrogens is 358 g/mol. The summed E-state index contributed by atoms with van der Waals surface area (Å²) in [6.07, 6.45) is 8.29. The lowest BCUT2D eigenvalue weighted by molar-refractivity contribution is -0.122. The third kappa shape index (κ3) is 3.15. The van der Waals surface area contributed by atoms with Crippen LogP contribution in [0, 0.1) is 11.8 Å². The van der Waals surface area contributed by atoms with Crippen molar-refractivity contribution in [2.45, 2.75) is 19.4 Å². The minimum Gasteiger partial charge on any atom is -0.478 e. The van der Waals surface area contributed by atoms with Crippen LogP contribution in [0.15, 0.2) is 54.9 Å². The van der Waals surface area contributed by atoms with E-state index in [9.17, 15) is 19.5 Å². The van der Waals surface area contributed by atoms with E-state index in [0.717, 1.165) is 10.5 Å². The van der Waals surface area contributed by atoms with Gasteiger partial charge in [0.2, 0.25) is 11.8 Å². The van der Waals surface area contributed by atoms with Crippen molar-refractivity contribution < 1.29 is 19.5 Å². The first-order valence-corrected chi connectivity index (χ1v) is 9.09. The Balaban J connectivity index is 1.61. The Morgan fingerprint density at radius 1 is 1.14 bits per heavy atom. The zero-order valence-electron chi connectivity index (χ0n) is 15.0. The monoisotopic (exact) mass is 377 g/mol. The number of amides is 2. The van der Waals surface area contributed by atoms with E-state index >= 15 is 0 Å². The van der Waals surface area contributed by atoms with Gasteiger partial charge in [-0.05, 0) is 42.7 Å². The maximum absolute atomic E-state index is 12.7. The number of pyridine rings is 1. The largest absolute Gasteiger partial charge is 0.478 e. The number of rotatable bonds is 5. The van der Waals surface area contributed by atoms with Gasteiger partial charge in [-0.3, -0.25) is 19.5 Å². The van der Waals surface area contributed by atoms with Gasteiger partial charge in [0.05, 0.1) is 23.1 Å². The molecule has 2 aromatic rings. The lowest BCUT2D eigenvalue weighted by Gasteiger charge is -2.17. The third-order valence-corrected chi connectivity index (χ3v) is 5.21. The van der Waals surface area contributed by atoms with Crippen LogP contribution < -0.4 is 10.2 Å². The van der Waals surface area contributed by atoms with Crippen LogP contribution in [0.25, 0.3) is 0 Å². The van der Waals surface area contributed by atoms with Crippen LogP contribution in [0.5, 0.6) is 0 Å². The van der Waals surface area contributed by atoms with Gasteiger partial charge in [-0.25, -0.2) is 4.79 Å². The van der Waals surface area contributed by atoms with Crippen molar-refractivity contribution in [3.63, 3.8) is 0 Å². The molecule has 0 radical (unpaired) electrons. The molecule has 1 aliphatic heterocycles. The number of anilines is 2. The van der Waals surface area contributed by atoms with E-state index in [1.54, 1.807) is 30.6 Å². The first-order valence-electron chi connectivity index (χ1n) is 9.09. The molecule has 4 rings (SSSR count). The highest BCUT2D eigenvalue weighted by Gasteiger charge is 2.47. The zero-order valence-corrected chi connectivity index (χ0v) is 15.0. The number of fused-ring (bicyclic) bond motifs is 1. The molecule has 0 unspecified atom stereocenters. The number of aromatic carboxylic acids is 1. The average Bonchev–Trinajstić information content (AvgIpc) is 2.98. The number of carboxylic acid groups (broad SMARTS) is 1. The Morgan fingerprint density at radius 3 is 2.46 bits per heavy atom. The Kier molecular flexibility index (Phi) is 4.65. The van der Waals surface area contributed by atoms with Gasteiger partial charge in [0.25, 0.3) is 0 Å². The molecule has 2 amide bonds. The fraction of sp³-hybridized carbons (Fsp3) is 0.238. The quantitative estimate of drug-likeness (QED) is 0.614. The van der Waals surface area contributed by atoms with Crippen LogP contribution in [0.4, 0.5) is 11.4 Å². The summed E-state index contributed by atoms with van der Waals surface area (Å²) in [7, 11) is 0. The molecule has 0 saturated carbocycles. The van der Waals surface area contributed by atoms with E-state index in [-0.39, 0.29) is 29.2 Å². The Morgan fingerprint density at radius 2 is 1.86 bits per heavy atom. The van der Waals surface area contributed by atoms with Crippen LogP contribution >= 0.6 is 0 Å². The minimum atomic E-state index is -1.13. The van der Waals surface area contributed by atoms with E-state index in [1.807, 2.05) is 18.2 Å². The van der Waals surface area contributed by atoms with Crippen molar-refractivity contribution in [2.24, 2.45) is 11.8 Å². The second-order valence-electron chi connectivity index (χ2n) is 6.92. The summed E-state index contributed by atoms with van der Waals surface area (Å²) in [6.45, 7) is 0.408. The van der Waals surface area contributed by atoms with Crippen LogP contribution in [-0.4, -0.2) is 27.9 Å². The number of imide groups is 1. The van der Waals surface area contributed by atoms with E-state index in [4.69, 9.17) is 0 Å². The van der Waals surface area contributed by atoms with Gasteiger partial charge in [-0.15, -0.1) is 0 Å². The fourth-order valence-corrected chi connectivity index (χ4v) is 3.76. The van der Waals surface area contributed by atoms with Crippen LogP contribution in [0.1, 0.15) is 28.8 Å². The molecule has 0 spiro atoms. The van der Waals surface area contributed by atoms with Gasteiger partial charge >= 0.3 is 5.97 Å². The molecule has 7 nitrogen and oxygen atoms in total. The maximum Gasteiger partial charge on any atom is 0.337 e. The summed E-state index contributed by atoms with van der Waals surface area (Å²) in [5, 5.41) is 12.7. The number of nitrogens with one attached hydrogen (secondary N) is 1. The number of nitrogens with zero attached hydrogens (tertiary/aromatic N) is 2. The number of aromatic nitrogens is 1. The molecule has 1 aromatic carbocycles. The summed E-state index contributed by atoms with van der Waals surface area (Å²) in [5.74, 6) is -2.35. The first kappa shape index (κ1) is 17.9. The molecule has 1 fully saturated rings.